The molecule has 0 fully saturated rings. The largest absolute Gasteiger partial charge is 1.00 e. The van der Waals surface area contributed by atoms with Crippen molar-refractivity contribution in [3.05, 3.63) is 42.5 Å². The van der Waals surface area contributed by atoms with E-state index in [0.29, 0.717) is 17.6 Å². The summed E-state index contributed by atoms with van der Waals surface area (Å²) < 4.78 is 36.6. The van der Waals surface area contributed by atoms with Gasteiger partial charge in [0.2, 0.25) is 0 Å². The Hall–Kier alpha value is -1.41. The van der Waals surface area contributed by atoms with Gasteiger partial charge in [-0.25, -0.2) is 4.79 Å². The molecule has 0 aliphatic carbocycles. The number of hydrogen-bond donors (Lipinski definition) is 1. The lowest BCUT2D eigenvalue weighted by Gasteiger charge is -2.33. The minimum absolute atomic E-state index is 0. The zero-order valence-corrected chi connectivity index (χ0v) is 14.8. The van der Waals surface area contributed by atoms with Gasteiger partial charge < -0.3 is 21.6 Å². The van der Waals surface area contributed by atoms with Gasteiger partial charge in [0, 0.05) is 11.6 Å². The molecular formula is C15H22ClNO5S. The molecule has 0 spiro atoms. The first-order chi connectivity index (χ1) is 10.2. The Balaban J connectivity index is 0.00000484. The van der Waals surface area contributed by atoms with Crippen LogP contribution in [0.1, 0.15) is 12.5 Å². The Morgan fingerprint density at radius 1 is 1.35 bits per heavy atom. The number of carbonyl (C=O) groups is 1. The van der Waals surface area contributed by atoms with Gasteiger partial charge in [-0.1, -0.05) is 18.7 Å². The summed E-state index contributed by atoms with van der Waals surface area (Å²) in [5, 5.41) is 0. The maximum atomic E-state index is 11.0. The second kappa shape index (κ2) is 9.02. The molecule has 1 aromatic rings. The number of esters is 1. The molecule has 0 aliphatic rings. The van der Waals surface area contributed by atoms with Crippen molar-refractivity contribution in [3.63, 3.8) is 0 Å². The smallest absolute Gasteiger partial charge is 0.330 e. The van der Waals surface area contributed by atoms with Gasteiger partial charge in [0.25, 0.3) is 10.1 Å². The van der Waals surface area contributed by atoms with E-state index in [1.54, 1.807) is 12.1 Å². The summed E-state index contributed by atoms with van der Waals surface area (Å²) in [6.45, 7) is 7.78. The summed E-state index contributed by atoms with van der Waals surface area (Å²) >= 11 is 0. The average Bonchev–Trinajstić information content (AvgIpc) is 2.46. The molecule has 130 valence electrons. The van der Waals surface area contributed by atoms with Gasteiger partial charge in [0.1, 0.15) is 19.7 Å². The van der Waals surface area contributed by atoms with E-state index in [4.69, 9.17) is 9.29 Å². The molecule has 0 saturated carbocycles. The first-order valence-electron chi connectivity index (χ1n) is 6.89. The molecule has 1 N–H and O–H groups in total. The maximum absolute atomic E-state index is 11.0. The van der Waals surface area contributed by atoms with Crippen LogP contribution < -0.4 is 12.4 Å². The van der Waals surface area contributed by atoms with Crippen molar-refractivity contribution in [2.75, 3.05) is 26.7 Å². The van der Waals surface area contributed by atoms with E-state index in [2.05, 4.69) is 6.58 Å². The maximum Gasteiger partial charge on any atom is 0.330 e. The molecule has 0 aliphatic heterocycles. The van der Waals surface area contributed by atoms with Gasteiger partial charge in [-0.15, -0.1) is 0 Å². The van der Waals surface area contributed by atoms with Crippen molar-refractivity contribution in [3.8, 4) is 0 Å². The second-order valence-electron chi connectivity index (χ2n) is 5.31. The van der Waals surface area contributed by atoms with Crippen molar-refractivity contribution in [1.29, 1.82) is 0 Å². The Kier molecular flexibility index (Phi) is 8.47. The predicted octanol–water partition coefficient (Wildman–Crippen LogP) is -1.37. The summed E-state index contributed by atoms with van der Waals surface area (Å²) in [4.78, 5) is 10.9. The van der Waals surface area contributed by atoms with Crippen molar-refractivity contribution < 1.29 is 39.4 Å². The molecule has 6 nitrogen and oxygen atoms in total. The summed E-state index contributed by atoms with van der Waals surface area (Å²) in [6, 6.07) is 6.10. The number of likely N-dealkylation sites (N-methyl/N-ethyl adjacent to an activating group) is 1. The van der Waals surface area contributed by atoms with E-state index >= 15 is 0 Å². The Morgan fingerprint density at radius 2 is 1.91 bits per heavy atom. The molecule has 0 amide bonds. The van der Waals surface area contributed by atoms with Gasteiger partial charge in [0.05, 0.1) is 18.5 Å². The normalized spacial score (nSPS) is 13.5. The number of halogens is 1. The molecule has 0 aromatic heterocycles. The molecule has 23 heavy (non-hydrogen) atoms. The van der Waals surface area contributed by atoms with E-state index in [1.807, 2.05) is 14.0 Å². The lowest BCUT2D eigenvalue weighted by atomic mass is 10.2. The quantitative estimate of drug-likeness (QED) is 0.267. The van der Waals surface area contributed by atoms with E-state index in [0.717, 1.165) is 18.2 Å². The van der Waals surface area contributed by atoms with Crippen LogP contribution in [0.3, 0.4) is 0 Å². The van der Waals surface area contributed by atoms with E-state index < -0.39 is 16.1 Å². The highest BCUT2D eigenvalue weighted by atomic mass is 35.5. The van der Waals surface area contributed by atoms with Crippen molar-refractivity contribution in [1.82, 2.24) is 0 Å². The summed E-state index contributed by atoms with van der Waals surface area (Å²) in [6.07, 6.45) is 1.13. The predicted molar refractivity (Wildman–Crippen MR) is 82.7 cm³/mol. The van der Waals surface area contributed by atoms with Crippen molar-refractivity contribution >= 4 is 16.1 Å². The number of ether oxygens (including phenoxy) is 1. The monoisotopic (exact) mass is 363 g/mol. The highest BCUT2D eigenvalue weighted by Crippen LogP contribution is 2.15. The SMILES string of the molecule is C=CC(=O)OCC[N+](C)(CC)Cc1ccc(S(=O)(=O)O)cc1.[Cl-]. The van der Waals surface area contributed by atoms with Crippen LogP contribution in [0.2, 0.25) is 0 Å². The Morgan fingerprint density at radius 3 is 2.35 bits per heavy atom. The Bertz CT molecular complexity index is 630. The summed E-state index contributed by atoms with van der Waals surface area (Å²) in [5.41, 5.74) is 0.937. The molecule has 1 aromatic carbocycles. The second-order valence-corrected chi connectivity index (χ2v) is 6.73. The third-order valence-corrected chi connectivity index (χ3v) is 4.46. The van der Waals surface area contributed by atoms with Crippen LogP contribution >= 0.6 is 0 Å². The molecule has 1 atom stereocenters. The van der Waals surface area contributed by atoms with Gasteiger partial charge in [-0.2, -0.15) is 8.42 Å². The minimum Gasteiger partial charge on any atom is -1.00 e. The van der Waals surface area contributed by atoms with E-state index in [-0.39, 0.29) is 23.9 Å². The number of benzene rings is 1. The number of quaternary nitrogens is 1. The van der Waals surface area contributed by atoms with Crippen LogP contribution in [0.5, 0.6) is 0 Å². The minimum atomic E-state index is -4.17. The molecule has 0 heterocycles. The lowest BCUT2D eigenvalue weighted by molar-refractivity contribution is -0.921. The molecule has 1 unspecified atom stereocenters. The highest BCUT2D eigenvalue weighted by molar-refractivity contribution is 7.85. The highest BCUT2D eigenvalue weighted by Gasteiger charge is 2.21. The van der Waals surface area contributed by atoms with Gasteiger partial charge >= 0.3 is 5.97 Å². The number of rotatable bonds is 8. The molecule has 0 saturated heterocycles. The van der Waals surface area contributed by atoms with Crippen LogP contribution in [0.15, 0.2) is 41.8 Å². The fourth-order valence-corrected chi connectivity index (χ4v) is 2.46. The summed E-state index contributed by atoms with van der Waals surface area (Å²) in [7, 11) is -2.14. The van der Waals surface area contributed by atoms with Crippen LogP contribution in [0, 0.1) is 0 Å². The van der Waals surface area contributed by atoms with Crippen molar-refractivity contribution in [2.45, 2.75) is 18.4 Å². The van der Waals surface area contributed by atoms with Crippen LogP contribution in [0.25, 0.3) is 0 Å². The third kappa shape index (κ3) is 7.13. The lowest BCUT2D eigenvalue weighted by Crippen LogP contribution is -3.00. The zero-order valence-electron chi connectivity index (χ0n) is 13.2. The number of hydrogen-bond acceptors (Lipinski definition) is 4. The van der Waals surface area contributed by atoms with Gasteiger partial charge in [-0.05, 0) is 19.1 Å². The Labute approximate surface area is 143 Å². The zero-order chi connectivity index (χ0) is 16.8. The average molecular weight is 364 g/mol. The van der Waals surface area contributed by atoms with Gasteiger partial charge in [0.15, 0.2) is 0 Å². The standard InChI is InChI=1S/C15H21NO5S.ClH/c1-4-15(17)21-11-10-16(3,5-2)12-13-6-8-14(9-7-13)22(18,19)20;/h4,6-9H,1,5,10-12H2,2-3H3;1H. The van der Waals surface area contributed by atoms with Crippen LogP contribution in [-0.4, -0.2) is 50.2 Å². The van der Waals surface area contributed by atoms with E-state index in [1.165, 1.54) is 12.1 Å². The number of carbonyl (C=O) groups excluding carboxylic acids is 1. The molecule has 1 rings (SSSR count). The summed E-state index contributed by atoms with van der Waals surface area (Å²) in [5.74, 6) is -0.444. The molecular weight excluding hydrogens is 342 g/mol. The van der Waals surface area contributed by atoms with Crippen molar-refractivity contribution in [2.24, 2.45) is 0 Å². The topological polar surface area (TPSA) is 80.7 Å². The van der Waals surface area contributed by atoms with Crippen LogP contribution in [-0.2, 0) is 26.2 Å². The number of nitrogens with zero attached hydrogens (tertiary/aromatic N) is 1. The fraction of sp³-hybridized carbons (Fsp3) is 0.400. The van der Waals surface area contributed by atoms with E-state index in [9.17, 15) is 13.2 Å². The van der Waals surface area contributed by atoms with Crippen LogP contribution in [0.4, 0.5) is 0 Å². The first kappa shape index (κ1) is 21.6. The van der Waals surface area contributed by atoms with Gasteiger partial charge in [-0.3, -0.25) is 4.55 Å². The molecule has 0 bridgehead atoms. The molecule has 0 radical (unpaired) electrons. The third-order valence-electron chi connectivity index (χ3n) is 3.59. The molecule has 8 heteroatoms. The first-order valence-corrected chi connectivity index (χ1v) is 8.33. The fourth-order valence-electron chi connectivity index (χ4n) is 1.98.